The first-order valence-corrected chi connectivity index (χ1v) is 3.10. The fourth-order valence-electron chi connectivity index (χ4n) is 0.395. The maximum Gasteiger partial charge on any atom is 0.329 e. The van der Waals surface area contributed by atoms with Crippen LogP contribution in [0.15, 0.2) is 11.1 Å². The predicted octanol–water partition coefficient (Wildman–Crippen LogP) is 0.757. The molecule has 0 aliphatic carbocycles. The van der Waals surface area contributed by atoms with E-state index in [0.717, 1.165) is 6.08 Å². The Balaban J connectivity index is 3.96. The fourth-order valence-corrected chi connectivity index (χ4v) is 0.598. The third-order valence-corrected chi connectivity index (χ3v) is 1.06. The van der Waals surface area contributed by atoms with Gasteiger partial charge in [0.2, 0.25) is 0 Å². The predicted molar refractivity (Wildman–Crippen MR) is 38.2 cm³/mol. The van der Waals surface area contributed by atoms with Crippen LogP contribution in [0, 0.1) is 0 Å². The summed E-state index contributed by atoms with van der Waals surface area (Å²) < 4.78 is 4.25. The normalized spacial score (nSPS) is 10.9. The van der Waals surface area contributed by atoms with Gasteiger partial charge in [-0.05, 0) is 0 Å². The van der Waals surface area contributed by atoms with Gasteiger partial charge in [-0.3, -0.25) is 4.79 Å². The molecule has 0 atom stereocenters. The molecule has 11 heavy (non-hydrogen) atoms. The molecule has 0 fully saturated rings. The summed E-state index contributed by atoms with van der Waals surface area (Å²) in [5.41, 5.74) is 0. The largest absolute Gasteiger partial charge is 0.478 e. The molecule has 4 nitrogen and oxygen atoms in total. The highest BCUT2D eigenvalue weighted by Gasteiger charge is 2.04. The number of hydrogen-bond donors (Lipinski definition) is 1. The Morgan fingerprint density at radius 1 is 1.64 bits per heavy atom. The molecule has 0 unspecified atom stereocenters. The Morgan fingerprint density at radius 2 is 2.18 bits per heavy atom. The molecule has 0 rings (SSSR count). The summed E-state index contributed by atoms with van der Waals surface area (Å²) in [6.45, 7) is 0. The van der Waals surface area contributed by atoms with Crippen molar-refractivity contribution in [1.82, 2.24) is 0 Å². The van der Waals surface area contributed by atoms with Gasteiger partial charge >= 0.3 is 11.9 Å². The van der Waals surface area contributed by atoms with E-state index >= 15 is 0 Å². The molecule has 5 heteroatoms. The minimum Gasteiger partial charge on any atom is -0.478 e. The van der Waals surface area contributed by atoms with E-state index in [4.69, 9.17) is 16.7 Å². The number of hydrogen-bond acceptors (Lipinski definition) is 3. The number of esters is 1. The molecule has 0 aromatic heterocycles. The zero-order valence-electron chi connectivity index (χ0n) is 5.83. The number of aliphatic carboxylic acids is 1. The molecule has 1 N–H and O–H groups in total. The summed E-state index contributed by atoms with van der Waals surface area (Å²) in [6, 6.07) is 0. The summed E-state index contributed by atoms with van der Waals surface area (Å²) in [5, 5.41) is 8.11. The zero-order chi connectivity index (χ0) is 8.85. The van der Waals surface area contributed by atoms with E-state index in [0.29, 0.717) is 0 Å². The summed E-state index contributed by atoms with van der Waals surface area (Å²) in [4.78, 5) is 20.4. The van der Waals surface area contributed by atoms with Crippen molar-refractivity contribution in [2.24, 2.45) is 0 Å². The standard InChI is InChI=1S/C6H7ClO4/c1-11-6(10)3-4(7)2-5(8)9/h2H,3H2,1H3,(H,8,9)/b4-2+. The highest BCUT2D eigenvalue weighted by Crippen LogP contribution is 2.06. The molecule has 0 aromatic carbocycles. The number of carbonyl (C=O) groups is 2. The third-order valence-electron chi connectivity index (χ3n) is 0.821. The molecule has 0 aliphatic heterocycles. The molecule has 0 spiro atoms. The number of methoxy groups -OCH3 is 1. The highest BCUT2D eigenvalue weighted by atomic mass is 35.5. The van der Waals surface area contributed by atoms with Crippen molar-refractivity contribution < 1.29 is 19.4 Å². The van der Waals surface area contributed by atoms with Crippen molar-refractivity contribution in [2.75, 3.05) is 7.11 Å². The van der Waals surface area contributed by atoms with Crippen molar-refractivity contribution in [2.45, 2.75) is 6.42 Å². The van der Waals surface area contributed by atoms with Gasteiger partial charge < -0.3 is 9.84 Å². The second kappa shape index (κ2) is 4.73. The van der Waals surface area contributed by atoms with Gasteiger partial charge in [-0.25, -0.2) is 4.79 Å². The smallest absolute Gasteiger partial charge is 0.329 e. The molecular formula is C6H7ClO4. The van der Waals surface area contributed by atoms with Gasteiger partial charge in [-0.2, -0.15) is 0 Å². The van der Waals surface area contributed by atoms with Crippen LogP contribution in [0.2, 0.25) is 0 Å². The van der Waals surface area contributed by atoms with Gasteiger partial charge in [-0.15, -0.1) is 0 Å². The molecule has 0 saturated heterocycles. The van der Waals surface area contributed by atoms with E-state index in [1.165, 1.54) is 7.11 Å². The van der Waals surface area contributed by atoms with Crippen molar-refractivity contribution in [3.63, 3.8) is 0 Å². The lowest BCUT2D eigenvalue weighted by Crippen LogP contribution is -2.00. The van der Waals surface area contributed by atoms with Crippen LogP contribution >= 0.6 is 11.6 Å². The molecule has 0 saturated carbocycles. The summed E-state index contributed by atoms with van der Waals surface area (Å²) in [6.07, 6.45) is 0.544. The van der Waals surface area contributed by atoms with Crippen LogP contribution < -0.4 is 0 Å². The van der Waals surface area contributed by atoms with Gasteiger partial charge in [0, 0.05) is 11.1 Å². The number of carboxylic acids is 1. The quantitative estimate of drug-likeness (QED) is 0.512. The topological polar surface area (TPSA) is 63.6 Å². The first-order chi connectivity index (χ1) is 5.06. The molecule has 0 aliphatic rings. The average molecular weight is 179 g/mol. The summed E-state index contributed by atoms with van der Waals surface area (Å²) >= 11 is 5.33. The lowest BCUT2D eigenvalue weighted by molar-refractivity contribution is -0.139. The summed E-state index contributed by atoms with van der Waals surface area (Å²) in [7, 11) is 1.20. The second-order valence-electron chi connectivity index (χ2n) is 1.68. The molecule has 0 bridgehead atoms. The van der Waals surface area contributed by atoms with Gasteiger partial charge in [0.05, 0.1) is 13.5 Å². The number of halogens is 1. The summed E-state index contributed by atoms with van der Waals surface area (Å²) in [5.74, 6) is -1.74. The van der Waals surface area contributed by atoms with E-state index in [-0.39, 0.29) is 11.5 Å². The van der Waals surface area contributed by atoms with Gasteiger partial charge in [0.15, 0.2) is 0 Å². The third kappa shape index (κ3) is 5.42. The fraction of sp³-hybridized carbons (Fsp3) is 0.333. The van der Waals surface area contributed by atoms with E-state index in [1.54, 1.807) is 0 Å². The first kappa shape index (κ1) is 9.97. The number of rotatable bonds is 3. The van der Waals surface area contributed by atoms with E-state index in [1.807, 2.05) is 0 Å². The molecule has 0 radical (unpaired) electrons. The van der Waals surface area contributed by atoms with E-state index in [2.05, 4.69) is 4.74 Å². The molecule has 0 aromatic rings. The van der Waals surface area contributed by atoms with Crippen molar-refractivity contribution >= 4 is 23.5 Å². The first-order valence-electron chi connectivity index (χ1n) is 2.72. The Kier molecular flexibility index (Phi) is 4.29. The number of carbonyl (C=O) groups excluding carboxylic acids is 1. The Bertz CT molecular complexity index is 197. The van der Waals surface area contributed by atoms with Crippen molar-refractivity contribution in [3.05, 3.63) is 11.1 Å². The molecular weight excluding hydrogens is 172 g/mol. The van der Waals surface area contributed by atoms with Crippen LogP contribution in [-0.4, -0.2) is 24.2 Å². The Morgan fingerprint density at radius 3 is 2.55 bits per heavy atom. The van der Waals surface area contributed by atoms with Crippen LogP contribution in [0.3, 0.4) is 0 Å². The average Bonchev–Trinajstić information content (AvgIpc) is 1.85. The highest BCUT2D eigenvalue weighted by molar-refractivity contribution is 6.31. The number of carboxylic acid groups (broad SMARTS) is 1. The lowest BCUT2D eigenvalue weighted by atomic mass is 10.4. The van der Waals surface area contributed by atoms with E-state index < -0.39 is 11.9 Å². The Hall–Kier alpha value is -1.03. The van der Waals surface area contributed by atoms with Gasteiger partial charge in [-0.1, -0.05) is 11.6 Å². The minimum atomic E-state index is -1.18. The Labute approximate surface area is 68.4 Å². The molecule has 62 valence electrons. The van der Waals surface area contributed by atoms with Gasteiger partial charge in [0.25, 0.3) is 0 Å². The van der Waals surface area contributed by atoms with Crippen molar-refractivity contribution in [1.29, 1.82) is 0 Å². The minimum absolute atomic E-state index is 0.0515. The zero-order valence-corrected chi connectivity index (χ0v) is 6.59. The molecule has 0 amide bonds. The van der Waals surface area contributed by atoms with Crippen molar-refractivity contribution in [3.8, 4) is 0 Å². The second-order valence-corrected chi connectivity index (χ2v) is 2.17. The maximum atomic E-state index is 10.5. The monoisotopic (exact) mass is 178 g/mol. The van der Waals surface area contributed by atoms with Crippen LogP contribution in [0.25, 0.3) is 0 Å². The lowest BCUT2D eigenvalue weighted by Gasteiger charge is -1.94. The van der Waals surface area contributed by atoms with Crippen LogP contribution in [0.4, 0.5) is 0 Å². The van der Waals surface area contributed by atoms with Crippen LogP contribution in [0.5, 0.6) is 0 Å². The van der Waals surface area contributed by atoms with Gasteiger partial charge in [0.1, 0.15) is 0 Å². The van der Waals surface area contributed by atoms with Crippen LogP contribution in [-0.2, 0) is 14.3 Å². The van der Waals surface area contributed by atoms with E-state index in [9.17, 15) is 9.59 Å². The SMILES string of the molecule is COC(=O)C/C(Cl)=C\C(=O)O. The molecule has 0 heterocycles. The van der Waals surface area contributed by atoms with Crippen LogP contribution in [0.1, 0.15) is 6.42 Å². The number of ether oxygens (including phenoxy) is 1. The maximum absolute atomic E-state index is 10.5.